The molecule has 0 saturated heterocycles. The van der Waals surface area contributed by atoms with E-state index in [9.17, 15) is 9.59 Å². The van der Waals surface area contributed by atoms with Gasteiger partial charge in [0.1, 0.15) is 17.6 Å². The van der Waals surface area contributed by atoms with E-state index in [-0.39, 0.29) is 18.5 Å². The summed E-state index contributed by atoms with van der Waals surface area (Å²) in [7, 11) is 0. The van der Waals surface area contributed by atoms with Crippen molar-refractivity contribution in [2.45, 2.75) is 53.1 Å². The third kappa shape index (κ3) is 2.86. The largest absolute Gasteiger partial charge is 0.489 e. The van der Waals surface area contributed by atoms with Crippen LogP contribution in [0.1, 0.15) is 42.0 Å². The van der Waals surface area contributed by atoms with E-state index in [2.05, 4.69) is 0 Å². The molecule has 1 aromatic carbocycles. The minimum Gasteiger partial charge on any atom is -0.489 e. The van der Waals surface area contributed by atoms with Crippen LogP contribution in [0.5, 0.6) is 11.5 Å². The summed E-state index contributed by atoms with van der Waals surface area (Å²) < 4.78 is 11.2. The van der Waals surface area contributed by atoms with Crippen molar-refractivity contribution in [3.05, 3.63) is 22.3 Å². The van der Waals surface area contributed by atoms with Crippen molar-refractivity contribution in [1.82, 2.24) is 0 Å². The summed E-state index contributed by atoms with van der Waals surface area (Å²) in [5.41, 5.74) is 3.58. The first-order chi connectivity index (χ1) is 9.85. The highest BCUT2D eigenvalue weighted by Crippen LogP contribution is 2.43. The highest BCUT2D eigenvalue weighted by molar-refractivity contribution is 5.74. The van der Waals surface area contributed by atoms with Crippen LogP contribution in [0.3, 0.4) is 0 Å². The lowest BCUT2D eigenvalue weighted by molar-refractivity contribution is -0.138. The predicted molar refractivity (Wildman–Crippen MR) is 77.0 cm³/mol. The van der Waals surface area contributed by atoms with Crippen molar-refractivity contribution in [3.8, 4) is 11.5 Å². The van der Waals surface area contributed by atoms with Gasteiger partial charge in [-0.25, -0.2) is 0 Å². The third-order valence-electron chi connectivity index (χ3n) is 3.93. The van der Waals surface area contributed by atoms with Gasteiger partial charge in [-0.3, -0.25) is 9.59 Å². The Labute approximate surface area is 123 Å². The van der Waals surface area contributed by atoms with Crippen LogP contribution in [0.2, 0.25) is 0 Å². The van der Waals surface area contributed by atoms with E-state index in [1.165, 1.54) is 0 Å². The lowest BCUT2D eigenvalue weighted by Gasteiger charge is -2.16. The van der Waals surface area contributed by atoms with Gasteiger partial charge in [0, 0.05) is 18.4 Å². The van der Waals surface area contributed by atoms with Gasteiger partial charge in [0.15, 0.2) is 0 Å². The van der Waals surface area contributed by atoms with Crippen molar-refractivity contribution in [2.75, 3.05) is 0 Å². The van der Waals surface area contributed by atoms with E-state index in [1.807, 2.05) is 20.8 Å². The van der Waals surface area contributed by atoms with E-state index in [1.54, 1.807) is 6.92 Å². The molecule has 1 heterocycles. The number of esters is 1. The molecule has 1 unspecified atom stereocenters. The molecule has 1 aliphatic heterocycles. The zero-order chi connectivity index (χ0) is 15.7. The van der Waals surface area contributed by atoms with Gasteiger partial charge in [-0.1, -0.05) is 6.92 Å². The van der Waals surface area contributed by atoms with Crippen LogP contribution >= 0.6 is 0 Å². The number of benzene rings is 1. The topological polar surface area (TPSA) is 72.8 Å². The fourth-order valence-corrected chi connectivity index (χ4v) is 2.64. The molecule has 5 heteroatoms. The minimum absolute atomic E-state index is 0.0311. The van der Waals surface area contributed by atoms with Gasteiger partial charge in [0.05, 0.1) is 6.42 Å². The highest BCUT2D eigenvalue weighted by atomic mass is 16.5. The molecule has 1 aromatic rings. The monoisotopic (exact) mass is 292 g/mol. The van der Waals surface area contributed by atoms with E-state index in [4.69, 9.17) is 14.6 Å². The van der Waals surface area contributed by atoms with Gasteiger partial charge in [-0.2, -0.15) is 0 Å². The molecule has 5 nitrogen and oxygen atoms in total. The zero-order valence-corrected chi connectivity index (χ0v) is 12.8. The lowest BCUT2D eigenvalue weighted by atomic mass is 9.95. The van der Waals surface area contributed by atoms with Gasteiger partial charge >= 0.3 is 11.9 Å². The van der Waals surface area contributed by atoms with E-state index in [0.717, 1.165) is 28.0 Å². The summed E-state index contributed by atoms with van der Waals surface area (Å²) in [5, 5.41) is 8.90. The summed E-state index contributed by atoms with van der Waals surface area (Å²) in [6.45, 7) is 7.42. The Balaban J connectivity index is 2.40. The third-order valence-corrected chi connectivity index (χ3v) is 3.93. The van der Waals surface area contributed by atoms with Crippen molar-refractivity contribution in [2.24, 2.45) is 0 Å². The number of ether oxygens (including phenoxy) is 2. The maximum atomic E-state index is 11.6. The smallest absolute Gasteiger partial charge is 0.310 e. The number of hydrogen-bond acceptors (Lipinski definition) is 4. The normalized spacial score (nSPS) is 16.3. The van der Waals surface area contributed by atoms with Crippen LogP contribution in [0.4, 0.5) is 0 Å². The van der Waals surface area contributed by atoms with Crippen LogP contribution in [-0.2, 0) is 16.0 Å². The molecule has 0 bridgehead atoms. The second-order valence-electron chi connectivity index (χ2n) is 5.38. The average molecular weight is 292 g/mol. The van der Waals surface area contributed by atoms with Crippen LogP contribution in [-0.4, -0.2) is 23.1 Å². The van der Waals surface area contributed by atoms with Crippen LogP contribution < -0.4 is 9.47 Å². The maximum absolute atomic E-state index is 11.6. The molecule has 0 spiro atoms. The minimum atomic E-state index is -0.877. The number of carboxylic acids is 1. The molecule has 0 amide bonds. The summed E-state index contributed by atoms with van der Waals surface area (Å²) in [6, 6.07) is 0. The molecule has 2 rings (SSSR count). The Morgan fingerprint density at radius 1 is 1.24 bits per heavy atom. The fraction of sp³-hybridized carbons (Fsp3) is 0.500. The molecule has 0 aromatic heterocycles. The Morgan fingerprint density at radius 3 is 2.48 bits per heavy atom. The van der Waals surface area contributed by atoms with Gasteiger partial charge in [0.2, 0.25) is 0 Å². The van der Waals surface area contributed by atoms with Gasteiger partial charge in [-0.15, -0.1) is 0 Å². The van der Waals surface area contributed by atoms with Gasteiger partial charge in [-0.05, 0) is 37.5 Å². The summed E-state index contributed by atoms with van der Waals surface area (Å²) in [6.07, 6.45) is 0.459. The molecular weight excluding hydrogens is 272 g/mol. The standard InChI is InChI=1S/C16H20O5/c1-5-14(19)21-15-8(2)9(3)16-12(10(15)4)6-11(20-16)7-13(17)18/h11H,5-7H2,1-4H3,(H,17,18). The highest BCUT2D eigenvalue weighted by Gasteiger charge is 2.31. The molecule has 0 aliphatic carbocycles. The Kier molecular flexibility index (Phi) is 4.21. The first-order valence-corrected chi connectivity index (χ1v) is 7.06. The van der Waals surface area contributed by atoms with E-state index < -0.39 is 5.97 Å². The fourth-order valence-electron chi connectivity index (χ4n) is 2.64. The summed E-state index contributed by atoms with van der Waals surface area (Å²) >= 11 is 0. The predicted octanol–water partition coefficient (Wildman–Crippen LogP) is 2.71. The maximum Gasteiger partial charge on any atom is 0.310 e. The SMILES string of the molecule is CCC(=O)Oc1c(C)c(C)c2c(c1C)CC(CC(=O)O)O2. The number of hydrogen-bond donors (Lipinski definition) is 1. The first kappa shape index (κ1) is 15.4. The first-order valence-electron chi connectivity index (χ1n) is 7.06. The molecule has 114 valence electrons. The van der Waals surface area contributed by atoms with Gasteiger partial charge in [0.25, 0.3) is 0 Å². The average Bonchev–Trinajstić information content (AvgIpc) is 2.84. The number of rotatable bonds is 4. The molecule has 1 aliphatic rings. The Hall–Kier alpha value is -2.04. The van der Waals surface area contributed by atoms with Crippen LogP contribution in [0.25, 0.3) is 0 Å². The molecular formula is C16H20O5. The number of aliphatic carboxylic acids is 1. The molecule has 1 N–H and O–H groups in total. The molecule has 0 saturated carbocycles. The van der Waals surface area contributed by atoms with Gasteiger partial charge < -0.3 is 14.6 Å². The van der Waals surface area contributed by atoms with E-state index in [0.29, 0.717) is 18.6 Å². The number of carbonyl (C=O) groups is 2. The number of carboxylic acid groups (broad SMARTS) is 1. The summed E-state index contributed by atoms with van der Waals surface area (Å²) in [4.78, 5) is 22.4. The summed E-state index contributed by atoms with van der Waals surface area (Å²) in [5.74, 6) is 0.171. The van der Waals surface area contributed by atoms with Crippen LogP contribution in [0.15, 0.2) is 0 Å². The molecule has 21 heavy (non-hydrogen) atoms. The molecule has 0 fully saturated rings. The Morgan fingerprint density at radius 2 is 1.90 bits per heavy atom. The lowest BCUT2D eigenvalue weighted by Crippen LogP contribution is -2.17. The zero-order valence-electron chi connectivity index (χ0n) is 12.8. The number of carbonyl (C=O) groups excluding carboxylic acids is 1. The second kappa shape index (κ2) is 5.76. The van der Waals surface area contributed by atoms with Crippen molar-refractivity contribution in [3.63, 3.8) is 0 Å². The second-order valence-corrected chi connectivity index (χ2v) is 5.38. The van der Waals surface area contributed by atoms with Crippen molar-refractivity contribution >= 4 is 11.9 Å². The van der Waals surface area contributed by atoms with Crippen molar-refractivity contribution in [1.29, 1.82) is 0 Å². The quantitative estimate of drug-likeness (QED) is 0.682. The van der Waals surface area contributed by atoms with Crippen LogP contribution in [0, 0.1) is 20.8 Å². The number of fused-ring (bicyclic) bond motifs is 1. The Bertz CT molecular complexity index is 603. The molecule has 0 radical (unpaired) electrons. The molecule has 1 atom stereocenters. The van der Waals surface area contributed by atoms with Crippen molar-refractivity contribution < 1.29 is 24.2 Å². The van der Waals surface area contributed by atoms with E-state index >= 15 is 0 Å².